The molecule has 0 spiro atoms. The number of carbonyl (C=O) groups is 1. The third kappa shape index (κ3) is 3.85. The predicted octanol–water partition coefficient (Wildman–Crippen LogP) is 3.12. The van der Waals surface area contributed by atoms with Crippen molar-refractivity contribution in [3.8, 4) is 0 Å². The third-order valence-corrected chi connectivity index (χ3v) is 3.83. The van der Waals surface area contributed by atoms with Gasteiger partial charge in [0.1, 0.15) is 11.6 Å². The summed E-state index contributed by atoms with van der Waals surface area (Å²) in [6.07, 6.45) is 1.64. The van der Waals surface area contributed by atoms with Crippen molar-refractivity contribution in [2.75, 3.05) is 0 Å². The van der Waals surface area contributed by atoms with Gasteiger partial charge in [-0.15, -0.1) is 0 Å². The van der Waals surface area contributed by atoms with E-state index in [0.29, 0.717) is 11.3 Å². The minimum absolute atomic E-state index is 0.113. The second-order valence-corrected chi connectivity index (χ2v) is 5.65. The van der Waals surface area contributed by atoms with Gasteiger partial charge in [-0.05, 0) is 31.2 Å². The highest BCUT2D eigenvalue weighted by atomic mass is 19.1. The van der Waals surface area contributed by atoms with Crippen LogP contribution in [0.4, 0.5) is 4.39 Å². The molecule has 5 nitrogen and oxygen atoms in total. The van der Waals surface area contributed by atoms with Crippen LogP contribution in [0.1, 0.15) is 34.8 Å². The van der Waals surface area contributed by atoms with Crippen LogP contribution >= 0.6 is 0 Å². The number of nitrogens with one attached hydrogen (secondary N) is 1. The van der Waals surface area contributed by atoms with Gasteiger partial charge in [-0.25, -0.2) is 4.39 Å². The zero-order valence-electron chi connectivity index (χ0n) is 13.6. The summed E-state index contributed by atoms with van der Waals surface area (Å²) >= 11 is 0. The van der Waals surface area contributed by atoms with Crippen LogP contribution in [0.15, 0.2) is 70.0 Å². The number of amides is 1. The van der Waals surface area contributed by atoms with Crippen LogP contribution < -0.4 is 10.9 Å². The molecule has 3 rings (SSSR count). The number of rotatable bonds is 5. The Bertz CT molecular complexity index is 945. The van der Waals surface area contributed by atoms with Crippen LogP contribution in [0.3, 0.4) is 0 Å². The normalized spacial score (nSPS) is 11.9. The van der Waals surface area contributed by atoms with Gasteiger partial charge in [-0.2, -0.15) is 0 Å². The second-order valence-electron chi connectivity index (χ2n) is 5.65. The lowest BCUT2D eigenvalue weighted by Gasteiger charge is -2.14. The standard InChI is InChI=1S/C19H17FN2O3/c1-13(15-6-2-3-7-16(15)20)21-19(24)17-10-9-14(25-17)12-22-11-5-4-8-18(22)23/h2-11,13H,12H2,1H3,(H,21,24)/t13-/m1/s1. The molecule has 2 heterocycles. The van der Waals surface area contributed by atoms with Crippen LogP contribution in [-0.2, 0) is 6.54 Å². The van der Waals surface area contributed by atoms with E-state index in [2.05, 4.69) is 5.32 Å². The van der Waals surface area contributed by atoms with Gasteiger partial charge in [0, 0.05) is 17.8 Å². The van der Waals surface area contributed by atoms with E-state index in [1.54, 1.807) is 49.5 Å². The van der Waals surface area contributed by atoms with Gasteiger partial charge >= 0.3 is 0 Å². The average molecular weight is 340 g/mol. The average Bonchev–Trinajstić information content (AvgIpc) is 3.06. The fourth-order valence-corrected chi connectivity index (χ4v) is 2.52. The highest BCUT2D eigenvalue weighted by Gasteiger charge is 2.17. The molecular formula is C19H17FN2O3. The van der Waals surface area contributed by atoms with Crippen molar-refractivity contribution in [2.45, 2.75) is 19.5 Å². The molecule has 0 saturated heterocycles. The Kier molecular flexibility index (Phi) is 4.79. The lowest BCUT2D eigenvalue weighted by molar-refractivity contribution is 0.0909. The van der Waals surface area contributed by atoms with Gasteiger partial charge < -0.3 is 14.3 Å². The Balaban J connectivity index is 1.70. The Hall–Kier alpha value is -3.15. The summed E-state index contributed by atoms with van der Waals surface area (Å²) in [7, 11) is 0. The van der Waals surface area contributed by atoms with Gasteiger partial charge in [0.15, 0.2) is 5.76 Å². The SMILES string of the molecule is C[C@@H](NC(=O)c1ccc(Cn2ccccc2=O)o1)c1ccccc1F. The molecule has 0 unspecified atom stereocenters. The second kappa shape index (κ2) is 7.17. The molecule has 1 atom stereocenters. The van der Waals surface area contributed by atoms with Crippen molar-refractivity contribution < 1.29 is 13.6 Å². The van der Waals surface area contributed by atoms with Crippen LogP contribution in [0.25, 0.3) is 0 Å². The highest BCUT2D eigenvalue weighted by Crippen LogP contribution is 2.17. The smallest absolute Gasteiger partial charge is 0.287 e. The number of carbonyl (C=O) groups excluding carboxylic acids is 1. The van der Waals surface area contributed by atoms with Gasteiger partial charge in [-0.3, -0.25) is 9.59 Å². The molecule has 0 bridgehead atoms. The Labute approximate surface area is 143 Å². The molecule has 0 radical (unpaired) electrons. The largest absolute Gasteiger partial charge is 0.454 e. The van der Waals surface area contributed by atoms with E-state index in [1.165, 1.54) is 22.8 Å². The van der Waals surface area contributed by atoms with E-state index in [4.69, 9.17) is 4.42 Å². The summed E-state index contributed by atoms with van der Waals surface area (Å²) in [5.74, 6) is -0.222. The predicted molar refractivity (Wildman–Crippen MR) is 90.8 cm³/mol. The number of hydrogen-bond donors (Lipinski definition) is 1. The molecule has 0 aliphatic rings. The van der Waals surface area contributed by atoms with E-state index in [-0.39, 0.29) is 23.7 Å². The van der Waals surface area contributed by atoms with Crippen LogP contribution in [0.2, 0.25) is 0 Å². The molecule has 128 valence electrons. The summed E-state index contributed by atoms with van der Waals surface area (Å²) in [4.78, 5) is 24.0. The van der Waals surface area contributed by atoms with E-state index in [1.807, 2.05) is 0 Å². The molecule has 0 saturated carbocycles. The molecule has 2 aromatic heterocycles. The van der Waals surface area contributed by atoms with E-state index >= 15 is 0 Å². The quantitative estimate of drug-likeness (QED) is 0.776. The highest BCUT2D eigenvalue weighted by molar-refractivity contribution is 5.91. The van der Waals surface area contributed by atoms with Gasteiger partial charge in [0.25, 0.3) is 11.5 Å². The van der Waals surface area contributed by atoms with Gasteiger partial charge in [0.05, 0.1) is 12.6 Å². The molecule has 0 aliphatic carbocycles. The Morgan fingerprint density at radius 3 is 2.68 bits per heavy atom. The number of halogens is 1. The summed E-state index contributed by atoms with van der Waals surface area (Å²) in [6, 6.07) is 13.8. The first kappa shape index (κ1) is 16.7. The Morgan fingerprint density at radius 2 is 1.92 bits per heavy atom. The Morgan fingerprint density at radius 1 is 1.16 bits per heavy atom. The van der Waals surface area contributed by atoms with Crippen LogP contribution in [0.5, 0.6) is 0 Å². The molecule has 25 heavy (non-hydrogen) atoms. The van der Waals surface area contributed by atoms with Crippen molar-refractivity contribution in [1.29, 1.82) is 0 Å². The van der Waals surface area contributed by atoms with Crippen molar-refractivity contribution in [1.82, 2.24) is 9.88 Å². The van der Waals surface area contributed by atoms with Crippen LogP contribution in [-0.4, -0.2) is 10.5 Å². The minimum Gasteiger partial charge on any atom is -0.454 e. The first-order chi connectivity index (χ1) is 12.0. The van der Waals surface area contributed by atoms with Gasteiger partial charge in [0.2, 0.25) is 0 Å². The summed E-state index contributed by atoms with van der Waals surface area (Å²) in [5.41, 5.74) is 0.247. The monoisotopic (exact) mass is 340 g/mol. The first-order valence-corrected chi connectivity index (χ1v) is 7.84. The molecule has 1 amide bonds. The number of nitrogens with zero attached hydrogens (tertiary/aromatic N) is 1. The molecule has 6 heteroatoms. The zero-order chi connectivity index (χ0) is 17.8. The number of hydrogen-bond acceptors (Lipinski definition) is 3. The maximum Gasteiger partial charge on any atom is 0.287 e. The molecule has 3 aromatic rings. The third-order valence-electron chi connectivity index (χ3n) is 3.83. The molecule has 1 aromatic carbocycles. The number of furan rings is 1. The molecule has 0 aliphatic heterocycles. The van der Waals surface area contributed by atoms with E-state index in [9.17, 15) is 14.0 Å². The van der Waals surface area contributed by atoms with Crippen molar-refractivity contribution in [2.24, 2.45) is 0 Å². The topological polar surface area (TPSA) is 64.2 Å². The summed E-state index contributed by atoms with van der Waals surface area (Å²) < 4.78 is 20.8. The maximum atomic E-state index is 13.8. The lowest BCUT2D eigenvalue weighted by Crippen LogP contribution is -2.26. The fraction of sp³-hybridized carbons (Fsp3) is 0.158. The van der Waals surface area contributed by atoms with E-state index < -0.39 is 11.9 Å². The molecule has 0 fully saturated rings. The summed E-state index contributed by atoms with van der Waals surface area (Å²) in [6.45, 7) is 1.93. The zero-order valence-corrected chi connectivity index (χ0v) is 13.6. The summed E-state index contributed by atoms with van der Waals surface area (Å²) in [5, 5.41) is 2.70. The minimum atomic E-state index is -0.501. The van der Waals surface area contributed by atoms with Crippen molar-refractivity contribution >= 4 is 5.91 Å². The van der Waals surface area contributed by atoms with Gasteiger partial charge in [-0.1, -0.05) is 24.3 Å². The number of aromatic nitrogens is 1. The molecular weight excluding hydrogens is 323 g/mol. The van der Waals surface area contributed by atoms with Crippen LogP contribution in [0, 0.1) is 5.82 Å². The molecule has 1 N–H and O–H groups in total. The van der Waals surface area contributed by atoms with Crippen molar-refractivity contribution in [3.05, 3.63) is 94.0 Å². The fourth-order valence-electron chi connectivity index (χ4n) is 2.52. The number of pyridine rings is 1. The number of benzene rings is 1. The van der Waals surface area contributed by atoms with Crippen molar-refractivity contribution in [3.63, 3.8) is 0 Å². The lowest BCUT2D eigenvalue weighted by atomic mass is 10.1. The maximum absolute atomic E-state index is 13.8. The first-order valence-electron chi connectivity index (χ1n) is 7.84. The van der Waals surface area contributed by atoms with E-state index in [0.717, 1.165) is 0 Å².